The molecule has 1 unspecified atom stereocenters. The molecule has 4 nitrogen and oxygen atoms in total. The molecule has 0 radical (unpaired) electrons. The molecule has 1 atom stereocenters. The van der Waals surface area contributed by atoms with Crippen molar-refractivity contribution in [2.24, 2.45) is 0 Å². The highest BCUT2D eigenvalue weighted by Gasteiger charge is 2.23. The molecular formula is C13H14BrN3OS. The quantitative estimate of drug-likeness (QED) is 0.861. The van der Waals surface area contributed by atoms with Crippen LogP contribution in [0.3, 0.4) is 0 Å². The highest BCUT2D eigenvalue weighted by molar-refractivity contribution is 9.10. The van der Waals surface area contributed by atoms with Crippen LogP contribution < -0.4 is 0 Å². The van der Waals surface area contributed by atoms with Crippen molar-refractivity contribution in [1.29, 1.82) is 0 Å². The molecule has 3 rings (SSSR count). The second kappa shape index (κ2) is 6.09. The van der Waals surface area contributed by atoms with E-state index >= 15 is 0 Å². The van der Waals surface area contributed by atoms with E-state index in [1.165, 1.54) is 17.1 Å². The van der Waals surface area contributed by atoms with Crippen LogP contribution in [0.25, 0.3) is 0 Å². The summed E-state index contributed by atoms with van der Waals surface area (Å²) in [6.45, 7) is 3.43. The van der Waals surface area contributed by atoms with Crippen molar-refractivity contribution in [1.82, 2.24) is 14.5 Å². The van der Waals surface area contributed by atoms with E-state index in [0.717, 1.165) is 36.4 Å². The largest absolute Gasteiger partial charge is 0.371 e. The average molecular weight is 340 g/mol. The molecule has 100 valence electrons. The Morgan fingerprint density at radius 2 is 2.32 bits per heavy atom. The molecule has 1 aliphatic rings. The molecule has 1 fully saturated rings. The van der Waals surface area contributed by atoms with Crippen LogP contribution in [0.4, 0.5) is 0 Å². The maximum Gasteiger partial charge on any atom is 0.0963 e. The molecule has 6 heteroatoms. The van der Waals surface area contributed by atoms with Crippen molar-refractivity contribution in [2.45, 2.75) is 12.6 Å². The van der Waals surface area contributed by atoms with Crippen LogP contribution in [-0.4, -0.2) is 34.2 Å². The summed E-state index contributed by atoms with van der Waals surface area (Å²) in [5, 5.41) is 6.11. The summed E-state index contributed by atoms with van der Waals surface area (Å²) in [6, 6.07) is 8.24. The first-order valence-corrected chi connectivity index (χ1v) is 7.80. The maximum atomic E-state index is 5.89. The third-order valence-electron chi connectivity index (χ3n) is 3.19. The Morgan fingerprint density at radius 1 is 1.42 bits per heavy atom. The Bertz CT molecular complexity index is 534. The van der Waals surface area contributed by atoms with E-state index in [4.69, 9.17) is 4.74 Å². The van der Waals surface area contributed by atoms with Gasteiger partial charge < -0.3 is 4.74 Å². The molecule has 1 aromatic heterocycles. The van der Waals surface area contributed by atoms with Crippen molar-refractivity contribution in [3.63, 3.8) is 0 Å². The van der Waals surface area contributed by atoms with Crippen LogP contribution >= 0.6 is 27.5 Å². The Kier molecular flexibility index (Phi) is 4.22. The van der Waals surface area contributed by atoms with Gasteiger partial charge in [-0.15, -0.1) is 5.10 Å². The lowest BCUT2D eigenvalue weighted by Crippen LogP contribution is -2.38. The molecule has 19 heavy (non-hydrogen) atoms. The molecule has 1 saturated heterocycles. The van der Waals surface area contributed by atoms with E-state index in [1.54, 1.807) is 0 Å². The van der Waals surface area contributed by atoms with E-state index in [1.807, 2.05) is 17.5 Å². The number of ether oxygens (including phenoxy) is 1. The highest BCUT2D eigenvalue weighted by atomic mass is 79.9. The predicted octanol–water partition coefficient (Wildman–Crippen LogP) is 2.87. The number of benzene rings is 1. The molecule has 2 aromatic rings. The van der Waals surface area contributed by atoms with Crippen molar-refractivity contribution >= 4 is 27.5 Å². The van der Waals surface area contributed by atoms with E-state index in [2.05, 4.69) is 42.5 Å². The van der Waals surface area contributed by atoms with Gasteiger partial charge in [0.1, 0.15) is 0 Å². The molecular weight excluding hydrogens is 326 g/mol. The molecule has 2 heterocycles. The van der Waals surface area contributed by atoms with Crippen LogP contribution in [-0.2, 0) is 11.3 Å². The molecule has 1 aromatic carbocycles. The van der Waals surface area contributed by atoms with Crippen molar-refractivity contribution in [3.8, 4) is 0 Å². The molecule has 1 aliphatic heterocycles. The SMILES string of the molecule is Brc1ccccc1C1CN(Cc2csnn2)CCO1. The number of nitrogens with zero attached hydrogens (tertiary/aromatic N) is 3. The lowest BCUT2D eigenvalue weighted by Gasteiger charge is -2.33. The summed E-state index contributed by atoms with van der Waals surface area (Å²) < 4.78 is 10.9. The highest BCUT2D eigenvalue weighted by Crippen LogP contribution is 2.28. The van der Waals surface area contributed by atoms with Crippen LogP contribution in [0.1, 0.15) is 17.4 Å². The molecule has 0 N–H and O–H groups in total. The van der Waals surface area contributed by atoms with Gasteiger partial charge >= 0.3 is 0 Å². The number of hydrogen-bond donors (Lipinski definition) is 0. The smallest absolute Gasteiger partial charge is 0.0963 e. The van der Waals surface area contributed by atoms with Gasteiger partial charge in [0.2, 0.25) is 0 Å². The first-order valence-electron chi connectivity index (χ1n) is 6.17. The van der Waals surface area contributed by atoms with E-state index in [9.17, 15) is 0 Å². The summed E-state index contributed by atoms with van der Waals surface area (Å²) in [4.78, 5) is 2.37. The fourth-order valence-electron chi connectivity index (χ4n) is 2.25. The van der Waals surface area contributed by atoms with Gasteiger partial charge in [0.15, 0.2) is 0 Å². The van der Waals surface area contributed by atoms with Crippen molar-refractivity contribution < 1.29 is 4.74 Å². The maximum absolute atomic E-state index is 5.89. The zero-order valence-corrected chi connectivity index (χ0v) is 12.7. The normalized spacial score (nSPS) is 20.6. The van der Waals surface area contributed by atoms with Crippen LogP contribution in [0, 0.1) is 0 Å². The fourth-order valence-corrected chi connectivity index (χ4v) is 3.24. The third kappa shape index (κ3) is 3.20. The van der Waals surface area contributed by atoms with Gasteiger partial charge in [-0.05, 0) is 23.2 Å². The second-order valence-electron chi connectivity index (χ2n) is 4.51. The lowest BCUT2D eigenvalue weighted by atomic mass is 10.1. The molecule has 0 bridgehead atoms. The molecule has 0 amide bonds. The number of aromatic nitrogens is 2. The van der Waals surface area contributed by atoms with Crippen molar-refractivity contribution in [3.05, 3.63) is 45.4 Å². The number of morpholine rings is 1. The summed E-state index contributed by atoms with van der Waals surface area (Å²) >= 11 is 4.99. The van der Waals surface area contributed by atoms with Gasteiger partial charge in [0.05, 0.1) is 18.4 Å². The van der Waals surface area contributed by atoms with Gasteiger partial charge in [-0.2, -0.15) is 0 Å². The van der Waals surface area contributed by atoms with E-state index in [0.29, 0.717) is 0 Å². The molecule has 0 spiro atoms. The van der Waals surface area contributed by atoms with Crippen LogP contribution in [0.15, 0.2) is 34.1 Å². The summed E-state index contributed by atoms with van der Waals surface area (Å²) in [7, 11) is 0. The number of hydrogen-bond acceptors (Lipinski definition) is 5. The number of halogens is 1. The summed E-state index contributed by atoms with van der Waals surface area (Å²) in [5.41, 5.74) is 2.25. The first kappa shape index (κ1) is 13.2. The molecule has 0 aliphatic carbocycles. The predicted molar refractivity (Wildman–Crippen MR) is 78.0 cm³/mol. The van der Waals surface area contributed by atoms with Gasteiger partial charge in [-0.1, -0.05) is 38.6 Å². The zero-order valence-electron chi connectivity index (χ0n) is 10.3. The first-order chi connectivity index (χ1) is 9.33. The Hall–Kier alpha value is -0.820. The van der Waals surface area contributed by atoms with Crippen LogP contribution in [0.2, 0.25) is 0 Å². The van der Waals surface area contributed by atoms with E-state index < -0.39 is 0 Å². The number of rotatable bonds is 3. The summed E-state index contributed by atoms with van der Waals surface area (Å²) in [5.74, 6) is 0. The average Bonchev–Trinajstić information content (AvgIpc) is 2.92. The van der Waals surface area contributed by atoms with E-state index in [-0.39, 0.29) is 6.10 Å². The third-order valence-corrected chi connectivity index (χ3v) is 4.47. The van der Waals surface area contributed by atoms with Gasteiger partial charge in [0, 0.05) is 29.5 Å². The minimum Gasteiger partial charge on any atom is -0.371 e. The fraction of sp³-hybridized carbons (Fsp3) is 0.385. The topological polar surface area (TPSA) is 38.2 Å². The van der Waals surface area contributed by atoms with Crippen LogP contribution in [0.5, 0.6) is 0 Å². The van der Waals surface area contributed by atoms with Gasteiger partial charge in [-0.25, -0.2) is 0 Å². The standard InChI is InChI=1S/C13H14BrN3OS/c14-12-4-2-1-3-11(12)13-8-17(5-6-18-13)7-10-9-19-16-15-10/h1-4,9,13H,5-8H2. The Balaban J connectivity index is 1.70. The molecule has 0 saturated carbocycles. The lowest BCUT2D eigenvalue weighted by molar-refractivity contribution is -0.0336. The Labute approximate surface area is 124 Å². The van der Waals surface area contributed by atoms with Gasteiger partial charge in [0.25, 0.3) is 0 Å². The van der Waals surface area contributed by atoms with Gasteiger partial charge in [-0.3, -0.25) is 4.90 Å². The zero-order chi connectivity index (χ0) is 13.1. The van der Waals surface area contributed by atoms with Crippen molar-refractivity contribution in [2.75, 3.05) is 19.7 Å². The monoisotopic (exact) mass is 339 g/mol. The Morgan fingerprint density at radius 3 is 3.11 bits per heavy atom. The second-order valence-corrected chi connectivity index (χ2v) is 5.98. The minimum atomic E-state index is 0.121. The minimum absolute atomic E-state index is 0.121. The summed E-state index contributed by atoms with van der Waals surface area (Å²) in [6.07, 6.45) is 0.121.